The highest BCUT2D eigenvalue weighted by molar-refractivity contribution is 5.92. The zero-order valence-electron chi connectivity index (χ0n) is 23.7. The highest BCUT2D eigenvalue weighted by Gasteiger charge is 2.48. The Labute approximate surface area is 228 Å². The third kappa shape index (κ3) is 7.30. The van der Waals surface area contributed by atoms with Crippen molar-refractivity contribution >= 4 is 23.9 Å². The van der Waals surface area contributed by atoms with E-state index in [-0.39, 0.29) is 12.4 Å². The molecule has 0 N–H and O–H groups in total. The number of benzene rings is 1. The summed E-state index contributed by atoms with van der Waals surface area (Å²) in [5.74, 6) is -2.08. The van der Waals surface area contributed by atoms with Gasteiger partial charge in [0.25, 0.3) is 0 Å². The van der Waals surface area contributed by atoms with Crippen molar-refractivity contribution in [1.29, 1.82) is 0 Å². The number of rotatable bonds is 11. The van der Waals surface area contributed by atoms with Gasteiger partial charge in [-0.1, -0.05) is 12.2 Å². The van der Waals surface area contributed by atoms with Crippen LogP contribution in [-0.2, 0) is 38.1 Å². The van der Waals surface area contributed by atoms with Gasteiger partial charge in [-0.2, -0.15) is 0 Å². The number of fused-ring (bicyclic) bond motifs is 1. The van der Waals surface area contributed by atoms with Crippen LogP contribution in [0.5, 0.6) is 17.2 Å². The standard InChI is InChI=1S/C28H36O11/c1-10-15(3)25(30)38-23(20-12-21(33-9)24-22(13-20)34-14-35-24)17(5)36-27(32)28(8,18(6)37-19(7)29)39-26(31)16(4)11-2/h10-13,17-18,23H,14H2,1-9H3. The topological polar surface area (TPSA) is 133 Å². The van der Waals surface area contributed by atoms with Crippen molar-refractivity contribution in [2.24, 2.45) is 0 Å². The van der Waals surface area contributed by atoms with Gasteiger partial charge in [-0.15, -0.1) is 0 Å². The first-order valence-corrected chi connectivity index (χ1v) is 12.3. The molecule has 2 rings (SSSR count). The van der Waals surface area contributed by atoms with Crippen LogP contribution in [0, 0.1) is 0 Å². The molecular formula is C28H36O11. The fourth-order valence-electron chi connectivity index (χ4n) is 3.47. The Bertz CT molecular complexity index is 1170. The zero-order valence-corrected chi connectivity index (χ0v) is 23.7. The molecule has 4 unspecified atom stereocenters. The quantitative estimate of drug-likeness (QED) is 0.225. The molecule has 0 radical (unpaired) electrons. The average molecular weight is 549 g/mol. The molecule has 4 atom stereocenters. The van der Waals surface area contributed by atoms with E-state index in [0.29, 0.717) is 28.4 Å². The van der Waals surface area contributed by atoms with Crippen LogP contribution in [0.3, 0.4) is 0 Å². The molecule has 39 heavy (non-hydrogen) atoms. The molecule has 1 aromatic carbocycles. The summed E-state index contributed by atoms with van der Waals surface area (Å²) in [6.45, 7) is 11.7. The minimum absolute atomic E-state index is 0.0226. The molecule has 0 aliphatic carbocycles. The number of esters is 4. The van der Waals surface area contributed by atoms with Gasteiger partial charge in [0.15, 0.2) is 17.6 Å². The van der Waals surface area contributed by atoms with Gasteiger partial charge in [0, 0.05) is 23.6 Å². The fraction of sp³-hybridized carbons (Fsp3) is 0.500. The molecule has 0 spiro atoms. The van der Waals surface area contributed by atoms with E-state index in [2.05, 4.69) is 0 Å². The van der Waals surface area contributed by atoms with Crippen molar-refractivity contribution in [3.8, 4) is 17.2 Å². The summed E-state index contributed by atoms with van der Waals surface area (Å²) in [7, 11) is 1.44. The minimum atomic E-state index is -2.03. The third-order valence-electron chi connectivity index (χ3n) is 6.30. The van der Waals surface area contributed by atoms with E-state index in [9.17, 15) is 19.2 Å². The largest absolute Gasteiger partial charge is 0.493 e. The highest BCUT2D eigenvalue weighted by atomic mass is 16.7. The Balaban J connectivity index is 2.49. The maximum absolute atomic E-state index is 13.5. The predicted octanol–water partition coefficient (Wildman–Crippen LogP) is 4.13. The smallest absolute Gasteiger partial charge is 0.354 e. The summed E-state index contributed by atoms with van der Waals surface area (Å²) in [6.07, 6.45) is -0.362. The lowest BCUT2D eigenvalue weighted by Crippen LogP contribution is -2.53. The van der Waals surface area contributed by atoms with Crippen LogP contribution in [0.4, 0.5) is 0 Å². The van der Waals surface area contributed by atoms with Crippen LogP contribution in [0.15, 0.2) is 35.4 Å². The van der Waals surface area contributed by atoms with Crippen LogP contribution in [0.1, 0.15) is 67.1 Å². The van der Waals surface area contributed by atoms with E-state index in [1.54, 1.807) is 39.0 Å². The number of carbonyl (C=O) groups excluding carboxylic acids is 4. The van der Waals surface area contributed by atoms with Crippen molar-refractivity contribution in [1.82, 2.24) is 0 Å². The molecule has 0 saturated heterocycles. The van der Waals surface area contributed by atoms with Gasteiger partial charge >= 0.3 is 23.9 Å². The lowest BCUT2D eigenvalue weighted by molar-refractivity contribution is -0.203. The van der Waals surface area contributed by atoms with Crippen LogP contribution >= 0.6 is 0 Å². The fourth-order valence-corrected chi connectivity index (χ4v) is 3.47. The second-order valence-electron chi connectivity index (χ2n) is 9.08. The second-order valence-corrected chi connectivity index (χ2v) is 9.08. The number of methoxy groups -OCH3 is 1. The molecular weight excluding hydrogens is 512 g/mol. The molecule has 1 aliphatic rings. The Morgan fingerprint density at radius 1 is 0.923 bits per heavy atom. The number of hydrogen-bond acceptors (Lipinski definition) is 11. The van der Waals surface area contributed by atoms with Crippen molar-refractivity contribution in [2.45, 2.75) is 79.3 Å². The first kappa shape index (κ1) is 31.2. The van der Waals surface area contributed by atoms with E-state index in [0.717, 1.165) is 6.92 Å². The molecule has 0 aromatic heterocycles. The number of carbonyl (C=O) groups is 4. The first-order valence-electron chi connectivity index (χ1n) is 12.3. The minimum Gasteiger partial charge on any atom is -0.493 e. The summed E-state index contributed by atoms with van der Waals surface area (Å²) in [5.41, 5.74) is -1.07. The number of ether oxygens (including phenoxy) is 7. The normalized spacial score (nSPS) is 16.7. The monoisotopic (exact) mass is 548 g/mol. The molecule has 0 saturated carbocycles. The van der Waals surface area contributed by atoms with E-state index in [4.69, 9.17) is 33.2 Å². The molecule has 11 nitrogen and oxygen atoms in total. The third-order valence-corrected chi connectivity index (χ3v) is 6.30. The summed E-state index contributed by atoms with van der Waals surface area (Å²) in [6, 6.07) is 3.17. The van der Waals surface area contributed by atoms with E-state index in [1.807, 2.05) is 0 Å². The van der Waals surface area contributed by atoms with Crippen LogP contribution in [-0.4, -0.2) is 55.6 Å². The Hall–Kier alpha value is -4.02. The van der Waals surface area contributed by atoms with Crippen LogP contribution in [0.2, 0.25) is 0 Å². The second kappa shape index (κ2) is 13.2. The Morgan fingerprint density at radius 3 is 2.10 bits per heavy atom. The maximum Gasteiger partial charge on any atom is 0.354 e. The van der Waals surface area contributed by atoms with Crippen LogP contribution < -0.4 is 14.2 Å². The summed E-state index contributed by atoms with van der Waals surface area (Å²) >= 11 is 0. The van der Waals surface area contributed by atoms with Gasteiger partial charge < -0.3 is 33.2 Å². The van der Waals surface area contributed by atoms with E-state index in [1.165, 1.54) is 40.9 Å². The molecule has 1 aromatic rings. The molecule has 0 amide bonds. The zero-order chi connectivity index (χ0) is 29.5. The molecule has 11 heteroatoms. The van der Waals surface area contributed by atoms with Crippen molar-refractivity contribution in [3.05, 3.63) is 41.0 Å². The molecule has 214 valence electrons. The van der Waals surface area contributed by atoms with Crippen LogP contribution in [0.25, 0.3) is 0 Å². The summed E-state index contributed by atoms with van der Waals surface area (Å²) < 4.78 is 38.5. The number of allylic oxidation sites excluding steroid dienone is 2. The van der Waals surface area contributed by atoms with Gasteiger partial charge in [-0.3, -0.25) is 4.79 Å². The van der Waals surface area contributed by atoms with Gasteiger partial charge in [0.05, 0.1) is 7.11 Å². The Morgan fingerprint density at radius 2 is 1.54 bits per heavy atom. The first-order chi connectivity index (χ1) is 18.3. The van der Waals surface area contributed by atoms with Crippen molar-refractivity contribution in [3.63, 3.8) is 0 Å². The van der Waals surface area contributed by atoms with Gasteiger partial charge in [-0.05, 0) is 60.6 Å². The van der Waals surface area contributed by atoms with Crippen molar-refractivity contribution in [2.75, 3.05) is 13.9 Å². The van der Waals surface area contributed by atoms with E-state index >= 15 is 0 Å². The van der Waals surface area contributed by atoms with Crippen molar-refractivity contribution < 1.29 is 52.3 Å². The highest BCUT2D eigenvalue weighted by Crippen LogP contribution is 2.44. The SMILES string of the molecule is CC=C(C)C(=O)OC(c1cc(OC)c2c(c1)OCO2)C(C)OC(=O)C(C)(OC(=O)C(C)=CC)C(C)OC(C)=O. The van der Waals surface area contributed by atoms with E-state index < -0.39 is 47.8 Å². The summed E-state index contributed by atoms with van der Waals surface area (Å²) in [4.78, 5) is 50.6. The van der Waals surface area contributed by atoms with Gasteiger partial charge in [0.1, 0.15) is 12.2 Å². The predicted molar refractivity (Wildman–Crippen MR) is 138 cm³/mol. The molecule has 0 bridgehead atoms. The number of hydrogen-bond donors (Lipinski definition) is 0. The molecule has 1 heterocycles. The Kier molecular flexibility index (Phi) is 10.5. The average Bonchev–Trinajstić information content (AvgIpc) is 3.38. The molecule has 1 aliphatic heterocycles. The lowest BCUT2D eigenvalue weighted by atomic mass is 9.99. The van der Waals surface area contributed by atoms with Gasteiger partial charge in [0.2, 0.25) is 18.1 Å². The lowest BCUT2D eigenvalue weighted by Gasteiger charge is -2.34. The molecule has 0 fully saturated rings. The summed E-state index contributed by atoms with van der Waals surface area (Å²) in [5, 5.41) is 0. The van der Waals surface area contributed by atoms with Gasteiger partial charge in [-0.25, -0.2) is 14.4 Å². The maximum atomic E-state index is 13.5.